The second-order valence-electron chi connectivity index (χ2n) is 5.10. The molecule has 0 bridgehead atoms. The van der Waals surface area contributed by atoms with E-state index in [9.17, 15) is 4.39 Å². The zero-order chi connectivity index (χ0) is 15.0. The molecule has 0 aliphatic carbocycles. The minimum absolute atomic E-state index is 0.232. The van der Waals surface area contributed by atoms with Crippen molar-refractivity contribution in [3.8, 4) is 0 Å². The zero-order valence-electron chi connectivity index (χ0n) is 11.8. The summed E-state index contributed by atoms with van der Waals surface area (Å²) < 4.78 is 15.4. The molecule has 0 fully saturated rings. The Balaban J connectivity index is 2.05. The maximum absolute atomic E-state index is 13.4. The van der Waals surface area contributed by atoms with Crippen molar-refractivity contribution in [2.75, 3.05) is 0 Å². The minimum atomic E-state index is -0.283. The molecule has 0 saturated carbocycles. The number of rotatable bonds is 4. The molecule has 0 saturated heterocycles. The van der Waals surface area contributed by atoms with E-state index in [0.717, 1.165) is 22.9 Å². The average molecular weight is 324 g/mol. The predicted molar refractivity (Wildman–Crippen MR) is 84.5 cm³/mol. The Morgan fingerprint density at radius 1 is 1.38 bits per heavy atom. The Morgan fingerprint density at radius 2 is 2.19 bits per heavy atom. The summed E-state index contributed by atoms with van der Waals surface area (Å²) in [6, 6.07) is 4.66. The minimum Gasteiger partial charge on any atom is -0.326 e. The van der Waals surface area contributed by atoms with Gasteiger partial charge in [-0.15, -0.1) is 22.9 Å². The maximum atomic E-state index is 13.4. The van der Waals surface area contributed by atoms with Crippen LogP contribution in [0.25, 0.3) is 11.0 Å². The number of fused-ring (bicyclic) bond motifs is 1. The molecular formula is C15H15ClFN3S. The summed E-state index contributed by atoms with van der Waals surface area (Å²) in [5.41, 5.74) is 1.55. The van der Waals surface area contributed by atoms with Gasteiger partial charge in [0.15, 0.2) is 0 Å². The van der Waals surface area contributed by atoms with Crippen LogP contribution in [0, 0.1) is 5.82 Å². The SMILES string of the molecule is CC(Cl)c1nc2cc(F)ccc2n1CC(C)c1nccs1. The van der Waals surface area contributed by atoms with E-state index >= 15 is 0 Å². The van der Waals surface area contributed by atoms with Crippen LogP contribution in [-0.2, 0) is 6.54 Å². The number of benzene rings is 1. The fourth-order valence-corrected chi connectivity index (χ4v) is 3.30. The molecule has 3 nitrogen and oxygen atoms in total. The third-order valence-corrected chi connectivity index (χ3v) is 4.63. The van der Waals surface area contributed by atoms with E-state index in [4.69, 9.17) is 11.6 Å². The molecule has 0 amide bonds. The lowest BCUT2D eigenvalue weighted by Crippen LogP contribution is -2.10. The van der Waals surface area contributed by atoms with Crippen molar-refractivity contribution in [2.24, 2.45) is 0 Å². The van der Waals surface area contributed by atoms with E-state index in [1.165, 1.54) is 12.1 Å². The second kappa shape index (κ2) is 5.73. The number of aromatic nitrogens is 3. The highest BCUT2D eigenvalue weighted by molar-refractivity contribution is 7.09. The van der Waals surface area contributed by atoms with Crippen molar-refractivity contribution in [2.45, 2.75) is 31.7 Å². The van der Waals surface area contributed by atoms with Crippen LogP contribution in [0.15, 0.2) is 29.8 Å². The molecule has 0 radical (unpaired) electrons. The highest BCUT2D eigenvalue weighted by Crippen LogP contribution is 2.28. The second-order valence-corrected chi connectivity index (χ2v) is 6.68. The monoisotopic (exact) mass is 323 g/mol. The van der Waals surface area contributed by atoms with Crippen LogP contribution in [0.3, 0.4) is 0 Å². The topological polar surface area (TPSA) is 30.7 Å². The van der Waals surface area contributed by atoms with Crippen LogP contribution >= 0.6 is 22.9 Å². The lowest BCUT2D eigenvalue weighted by molar-refractivity contribution is 0.582. The van der Waals surface area contributed by atoms with Crippen LogP contribution in [0.4, 0.5) is 4.39 Å². The van der Waals surface area contributed by atoms with Crippen molar-refractivity contribution >= 4 is 34.0 Å². The van der Waals surface area contributed by atoms with Gasteiger partial charge in [-0.25, -0.2) is 14.4 Å². The third kappa shape index (κ3) is 2.80. The summed E-state index contributed by atoms with van der Waals surface area (Å²) in [7, 11) is 0. The molecule has 2 aromatic heterocycles. The lowest BCUT2D eigenvalue weighted by atomic mass is 10.2. The molecule has 2 unspecified atom stereocenters. The van der Waals surface area contributed by atoms with Crippen molar-refractivity contribution < 1.29 is 4.39 Å². The van der Waals surface area contributed by atoms with Gasteiger partial charge in [0.2, 0.25) is 0 Å². The van der Waals surface area contributed by atoms with Crippen LogP contribution < -0.4 is 0 Å². The Labute approximate surface area is 131 Å². The number of thiazole rings is 1. The smallest absolute Gasteiger partial charge is 0.127 e. The van der Waals surface area contributed by atoms with Gasteiger partial charge in [-0.1, -0.05) is 6.92 Å². The van der Waals surface area contributed by atoms with Crippen LogP contribution in [0.2, 0.25) is 0 Å². The molecule has 1 aromatic carbocycles. The molecule has 3 aromatic rings. The third-order valence-electron chi connectivity index (χ3n) is 3.43. The summed E-state index contributed by atoms with van der Waals surface area (Å²) in [6.07, 6.45) is 1.81. The number of hydrogen-bond donors (Lipinski definition) is 0. The standard InChI is InChI=1S/C15H15ClFN3S/c1-9(15-18-5-6-21-15)8-20-13-4-3-11(17)7-12(13)19-14(20)10(2)16/h3-7,9-10H,8H2,1-2H3. The summed E-state index contributed by atoms with van der Waals surface area (Å²) >= 11 is 7.87. The molecule has 2 atom stereocenters. The van der Waals surface area contributed by atoms with E-state index in [1.807, 2.05) is 18.5 Å². The van der Waals surface area contributed by atoms with Gasteiger partial charge in [-0.05, 0) is 19.1 Å². The van der Waals surface area contributed by atoms with Crippen molar-refractivity contribution in [3.63, 3.8) is 0 Å². The average Bonchev–Trinajstić information content (AvgIpc) is 3.06. The van der Waals surface area contributed by atoms with Crippen LogP contribution in [-0.4, -0.2) is 14.5 Å². The molecule has 0 N–H and O–H groups in total. The van der Waals surface area contributed by atoms with E-state index < -0.39 is 0 Å². The van der Waals surface area contributed by atoms with Gasteiger partial charge in [0.25, 0.3) is 0 Å². The van der Waals surface area contributed by atoms with E-state index in [0.29, 0.717) is 5.52 Å². The van der Waals surface area contributed by atoms with Crippen LogP contribution in [0.1, 0.15) is 36.0 Å². The van der Waals surface area contributed by atoms with Crippen LogP contribution in [0.5, 0.6) is 0 Å². The molecular weight excluding hydrogens is 309 g/mol. The largest absolute Gasteiger partial charge is 0.326 e. The van der Waals surface area contributed by atoms with Crippen molar-refractivity contribution in [1.29, 1.82) is 0 Å². The van der Waals surface area contributed by atoms with Gasteiger partial charge >= 0.3 is 0 Å². The van der Waals surface area contributed by atoms with Gasteiger partial charge < -0.3 is 4.57 Å². The first kappa shape index (κ1) is 14.5. The molecule has 0 aliphatic rings. The number of alkyl halides is 1. The van der Waals surface area contributed by atoms with E-state index in [1.54, 1.807) is 17.4 Å². The highest BCUT2D eigenvalue weighted by Gasteiger charge is 2.18. The summed E-state index contributed by atoms with van der Waals surface area (Å²) in [5.74, 6) is 0.733. The fraction of sp³-hybridized carbons (Fsp3) is 0.333. The molecule has 2 heterocycles. The number of imidazole rings is 1. The first-order chi connectivity index (χ1) is 10.1. The first-order valence-electron chi connectivity index (χ1n) is 6.75. The van der Waals surface area contributed by atoms with Gasteiger partial charge in [0.1, 0.15) is 11.6 Å². The number of halogens is 2. The van der Waals surface area contributed by atoms with Crippen molar-refractivity contribution in [3.05, 3.63) is 46.4 Å². The molecule has 3 rings (SSSR count). The molecule has 0 aliphatic heterocycles. The molecule has 6 heteroatoms. The predicted octanol–water partition coefficient (Wildman–Crippen LogP) is 4.74. The normalized spacial score (nSPS) is 14.5. The first-order valence-corrected chi connectivity index (χ1v) is 8.07. The number of nitrogens with zero attached hydrogens (tertiary/aromatic N) is 3. The fourth-order valence-electron chi connectivity index (χ4n) is 2.45. The Bertz CT molecular complexity index is 752. The maximum Gasteiger partial charge on any atom is 0.127 e. The quantitative estimate of drug-likeness (QED) is 0.649. The molecule has 110 valence electrons. The van der Waals surface area contributed by atoms with Gasteiger partial charge in [-0.2, -0.15) is 0 Å². The number of hydrogen-bond acceptors (Lipinski definition) is 3. The van der Waals surface area contributed by atoms with Crippen molar-refractivity contribution in [1.82, 2.24) is 14.5 Å². The molecule has 0 spiro atoms. The Kier molecular flexibility index (Phi) is 3.95. The zero-order valence-corrected chi connectivity index (χ0v) is 13.3. The van der Waals surface area contributed by atoms with E-state index in [-0.39, 0.29) is 17.1 Å². The van der Waals surface area contributed by atoms with Gasteiger partial charge in [0, 0.05) is 30.1 Å². The van der Waals surface area contributed by atoms with E-state index in [2.05, 4.69) is 21.5 Å². The Hall–Kier alpha value is -1.46. The lowest BCUT2D eigenvalue weighted by Gasteiger charge is -2.14. The summed E-state index contributed by atoms with van der Waals surface area (Å²) in [4.78, 5) is 8.84. The summed E-state index contributed by atoms with van der Waals surface area (Å²) in [5, 5.41) is 2.81. The Morgan fingerprint density at radius 3 is 2.86 bits per heavy atom. The summed E-state index contributed by atoms with van der Waals surface area (Å²) in [6.45, 7) is 4.72. The highest BCUT2D eigenvalue weighted by atomic mass is 35.5. The van der Waals surface area contributed by atoms with Gasteiger partial charge in [-0.3, -0.25) is 0 Å². The van der Waals surface area contributed by atoms with Gasteiger partial charge in [0.05, 0.1) is 21.4 Å². The molecule has 21 heavy (non-hydrogen) atoms.